The first-order valence-corrected chi connectivity index (χ1v) is 8.33. The van der Waals surface area contributed by atoms with E-state index in [4.69, 9.17) is 5.73 Å². The summed E-state index contributed by atoms with van der Waals surface area (Å²) in [6.07, 6.45) is 0. The molecule has 2 aromatic rings. The van der Waals surface area contributed by atoms with Crippen LogP contribution in [0.15, 0.2) is 57.2 Å². The number of nitrogen functional groups attached to an aromatic ring is 1. The predicted molar refractivity (Wildman–Crippen MR) is 82.3 cm³/mol. The molecule has 0 aliphatic rings. The van der Waals surface area contributed by atoms with Crippen LogP contribution >= 0.6 is 11.8 Å². The maximum Gasteiger partial charge on any atom is 0.244 e. The molecule has 2 aromatic carbocycles. The molecular formula is C14H15FN2O2S2. The Bertz CT molecular complexity index is 761. The summed E-state index contributed by atoms with van der Waals surface area (Å²) in [5.41, 5.74) is 6.08. The van der Waals surface area contributed by atoms with Crippen molar-refractivity contribution in [2.75, 3.05) is 19.8 Å². The molecule has 0 bridgehead atoms. The van der Waals surface area contributed by atoms with Gasteiger partial charge in [-0.15, -0.1) is 0 Å². The van der Waals surface area contributed by atoms with Crippen LogP contribution in [0.2, 0.25) is 0 Å². The normalized spacial score (nSPS) is 11.8. The molecule has 0 unspecified atom stereocenters. The molecule has 0 aliphatic heterocycles. The van der Waals surface area contributed by atoms with Crippen molar-refractivity contribution in [2.45, 2.75) is 14.7 Å². The fourth-order valence-corrected chi connectivity index (χ4v) is 3.69. The lowest BCUT2D eigenvalue weighted by molar-refractivity contribution is 0.521. The smallest absolute Gasteiger partial charge is 0.244 e. The molecule has 21 heavy (non-hydrogen) atoms. The monoisotopic (exact) mass is 326 g/mol. The molecule has 7 heteroatoms. The third kappa shape index (κ3) is 3.20. The molecule has 0 aliphatic carbocycles. The number of para-hydroxylation sites is 1. The number of sulfonamides is 1. The fraction of sp³-hybridized carbons (Fsp3) is 0.143. The van der Waals surface area contributed by atoms with E-state index in [1.807, 2.05) is 0 Å². The van der Waals surface area contributed by atoms with E-state index < -0.39 is 10.0 Å². The third-order valence-corrected chi connectivity index (χ3v) is 5.84. The van der Waals surface area contributed by atoms with Gasteiger partial charge in [0.2, 0.25) is 10.0 Å². The second kappa shape index (κ2) is 6.05. The Hall–Kier alpha value is -1.57. The van der Waals surface area contributed by atoms with Crippen molar-refractivity contribution in [3.05, 3.63) is 48.3 Å². The summed E-state index contributed by atoms with van der Waals surface area (Å²) < 4.78 is 39.1. The van der Waals surface area contributed by atoms with Crippen molar-refractivity contribution in [1.29, 1.82) is 0 Å². The molecule has 0 fully saturated rings. The average molecular weight is 326 g/mol. The lowest BCUT2D eigenvalue weighted by atomic mass is 10.3. The minimum atomic E-state index is -3.63. The Morgan fingerprint density at radius 3 is 2.29 bits per heavy atom. The molecule has 4 nitrogen and oxygen atoms in total. The van der Waals surface area contributed by atoms with Gasteiger partial charge in [0.15, 0.2) is 0 Å². The summed E-state index contributed by atoms with van der Waals surface area (Å²) in [4.78, 5) is 0.917. The predicted octanol–water partition coefficient (Wildman–Crippen LogP) is 2.81. The van der Waals surface area contributed by atoms with E-state index in [-0.39, 0.29) is 16.4 Å². The Balaban J connectivity index is 2.47. The van der Waals surface area contributed by atoms with Crippen LogP contribution in [0.4, 0.5) is 10.1 Å². The Morgan fingerprint density at radius 1 is 1.05 bits per heavy atom. The van der Waals surface area contributed by atoms with Crippen molar-refractivity contribution in [3.8, 4) is 0 Å². The largest absolute Gasteiger partial charge is 0.397 e. The fourth-order valence-electron chi connectivity index (χ4n) is 1.68. The number of nitrogens with zero attached hydrogens (tertiary/aromatic N) is 1. The first-order chi connectivity index (χ1) is 9.84. The van der Waals surface area contributed by atoms with Gasteiger partial charge in [0.1, 0.15) is 10.7 Å². The molecule has 0 atom stereocenters. The lowest BCUT2D eigenvalue weighted by Gasteiger charge is -2.15. The van der Waals surface area contributed by atoms with Crippen LogP contribution in [-0.4, -0.2) is 26.8 Å². The molecule has 2 N–H and O–H groups in total. The number of halogens is 1. The number of nitrogens with two attached hydrogens (primary N) is 1. The van der Waals surface area contributed by atoms with Crippen molar-refractivity contribution in [2.24, 2.45) is 0 Å². The summed E-state index contributed by atoms with van der Waals surface area (Å²) in [5.74, 6) is -0.372. The highest BCUT2D eigenvalue weighted by atomic mass is 32.2. The highest BCUT2D eigenvalue weighted by molar-refractivity contribution is 7.99. The lowest BCUT2D eigenvalue weighted by Crippen LogP contribution is -2.23. The van der Waals surface area contributed by atoms with Crippen molar-refractivity contribution >= 4 is 27.5 Å². The summed E-state index contributed by atoms with van der Waals surface area (Å²) >= 11 is 1.10. The van der Waals surface area contributed by atoms with Crippen molar-refractivity contribution < 1.29 is 12.8 Å². The van der Waals surface area contributed by atoms with Gasteiger partial charge in [0, 0.05) is 23.9 Å². The van der Waals surface area contributed by atoms with Crippen LogP contribution in [0, 0.1) is 5.82 Å². The second-order valence-electron chi connectivity index (χ2n) is 4.49. The average Bonchev–Trinajstić information content (AvgIpc) is 2.43. The third-order valence-electron chi connectivity index (χ3n) is 2.84. The summed E-state index contributed by atoms with van der Waals surface area (Å²) in [6.45, 7) is 0. The standard InChI is InChI=1S/C14H15FN2O2S2/c1-17(2)21(18,19)13-9-5-8-12(14(13)16)20-11-7-4-3-6-10(11)15/h3-9H,16H2,1-2H3. The first-order valence-electron chi connectivity index (χ1n) is 6.07. The summed E-state index contributed by atoms with van der Waals surface area (Å²) in [5, 5.41) is 0. The second-order valence-corrected chi connectivity index (χ2v) is 7.69. The molecule has 0 amide bonds. The Kier molecular flexibility index (Phi) is 4.55. The molecule has 0 saturated carbocycles. The van der Waals surface area contributed by atoms with Crippen LogP contribution in [0.1, 0.15) is 0 Å². The number of hydrogen-bond acceptors (Lipinski definition) is 4. The SMILES string of the molecule is CN(C)S(=O)(=O)c1cccc(Sc2ccccc2F)c1N. The Morgan fingerprint density at radius 2 is 1.67 bits per heavy atom. The van der Waals surface area contributed by atoms with Gasteiger partial charge in [-0.2, -0.15) is 0 Å². The molecular weight excluding hydrogens is 311 g/mol. The zero-order valence-electron chi connectivity index (χ0n) is 11.6. The molecule has 0 saturated heterocycles. The highest BCUT2D eigenvalue weighted by Crippen LogP contribution is 2.36. The van der Waals surface area contributed by atoms with Crippen LogP contribution in [-0.2, 0) is 10.0 Å². The van der Waals surface area contributed by atoms with Crippen molar-refractivity contribution in [1.82, 2.24) is 4.31 Å². The summed E-state index contributed by atoms with van der Waals surface area (Å²) in [7, 11) is -0.759. The van der Waals surface area contributed by atoms with E-state index in [1.165, 1.54) is 26.2 Å². The van der Waals surface area contributed by atoms with Gasteiger partial charge in [-0.3, -0.25) is 0 Å². The van der Waals surface area contributed by atoms with Gasteiger partial charge in [-0.05, 0) is 24.3 Å². The number of hydrogen-bond donors (Lipinski definition) is 1. The van der Waals surface area contributed by atoms with Gasteiger partial charge in [0.05, 0.1) is 5.69 Å². The van der Waals surface area contributed by atoms with Crippen LogP contribution in [0.25, 0.3) is 0 Å². The molecule has 0 radical (unpaired) electrons. The molecule has 0 aromatic heterocycles. The van der Waals surface area contributed by atoms with E-state index in [2.05, 4.69) is 0 Å². The first kappa shape index (κ1) is 15.8. The van der Waals surface area contributed by atoms with E-state index >= 15 is 0 Å². The van der Waals surface area contributed by atoms with Gasteiger partial charge in [-0.25, -0.2) is 17.1 Å². The molecule has 0 spiro atoms. The van der Waals surface area contributed by atoms with Crippen LogP contribution in [0.5, 0.6) is 0 Å². The quantitative estimate of drug-likeness (QED) is 0.878. The number of rotatable bonds is 4. The zero-order chi connectivity index (χ0) is 15.6. The topological polar surface area (TPSA) is 63.4 Å². The molecule has 2 rings (SSSR count). The number of benzene rings is 2. The van der Waals surface area contributed by atoms with Crippen molar-refractivity contribution in [3.63, 3.8) is 0 Å². The van der Waals surface area contributed by atoms with E-state index in [0.29, 0.717) is 9.79 Å². The maximum absolute atomic E-state index is 13.7. The molecule has 112 valence electrons. The maximum atomic E-state index is 13.7. The Labute approximate surface area is 127 Å². The van der Waals surface area contributed by atoms with Gasteiger partial charge in [0.25, 0.3) is 0 Å². The van der Waals surface area contributed by atoms with Gasteiger partial charge in [-0.1, -0.05) is 30.0 Å². The van der Waals surface area contributed by atoms with E-state index in [0.717, 1.165) is 16.1 Å². The summed E-state index contributed by atoms with van der Waals surface area (Å²) in [6, 6.07) is 11.0. The van der Waals surface area contributed by atoms with E-state index in [1.54, 1.807) is 30.3 Å². The number of anilines is 1. The van der Waals surface area contributed by atoms with E-state index in [9.17, 15) is 12.8 Å². The van der Waals surface area contributed by atoms with Gasteiger partial charge >= 0.3 is 0 Å². The van der Waals surface area contributed by atoms with Crippen LogP contribution in [0.3, 0.4) is 0 Å². The highest BCUT2D eigenvalue weighted by Gasteiger charge is 2.22. The molecule has 0 heterocycles. The minimum Gasteiger partial charge on any atom is -0.397 e. The van der Waals surface area contributed by atoms with Crippen LogP contribution < -0.4 is 5.73 Å². The van der Waals surface area contributed by atoms with Gasteiger partial charge < -0.3 is 5.73 Å². The minimum absolute atomic E-state index is 0.0221. The zero-order valence-corrected chi connectivity index (χ0v) is 13.2.